The molecule has 0 aromatic carbocycles. The lowest BCUT2D eigenvalue weighted by atomic mass is 10.1. The zero-order chi connectivity index (χ0) is 6.97. The molecule has 0 fully saturated rings. The fraction of sp³-hybridized carbons (Fsp3) is 0.111. The molecule has 0 radical (unpaired) electrons. The van der Waals surface area contributed by atoms with Crippen LogP contribution in [0, 0.1) is 0 Å². The summed E-state index contributed by atoms with van der Waals surface area (Å²) < 4.78 is 0. The van der Waals surface area contributed by atoms with Crippen molar-refractivity contribution in [1.82, 2.24) is 4.98 Å². The molecule has 2 rings (SSSR count). The molecular formula is C9H9N. The quantitative estimate of drug-likeness (QED) is 0.529. The number of aromatic amines is 1. The van der Waals surface area contributed by atoms with Crippen LogP contribution in [0.4, 0.5) is 0 Å². The average Bonchev–Trinajstić information content (AvgIpc) is 2.33. The van der Waals surface area contributed by atoms with Crippen molar-refractivity contribution >= 4 is 12.2 Å². The average molecular weight is 131 g/mol. The van der Waals surface area contributed by atoms with Crippen molar-refractivity contribution in [3.8, 4) is 0 Å². The Labute approximate surface area is 59.4 Å². The first kappa shape index (κ1) is 5.54. The summed E-state index contributed by atoms with van der Waals surface area (Å²) in [5.74, 6) is 0. The van der Waals surface area contributed by atoms with Crippen LogP contribution in [-0.4, -0.2) is 4.98 Å². The number of allylic oxidation sites excluding steroid dienone is 1. The first-order valence-electron chi connectivity index (χ1n) is 3.39. The van der Waals surface area contributed by atoms with Crippen molar-refractivity contribution in [3.63, 3.8) is 0 Å². The van der Waals surface area contributed by atoms with E-state index in [2.05, 4.69) is 29.8 Å². The Morgan fingerprint density at radius 3 is 3.30 bits per heavy atom. The number of hydrogen-bond acceptors (Lipinski definition) is 0. The highest BCUT2D eigenvalue weighted by molar-refractivity contribution is 5.53. The van der Waals surface area contributed by atoms with Gasteiger partial charge in [0.15, 0.2) is 0 Å². The molecule has 0 saturated heterocycles. The van der Waals surface area contributed by atoms with Crippen LogP contribution in [0.2, 0.25) is 0 Å². The predicted molar refractivity (Wildman–Crippen MR) is 42.7 cm³/mol. The Morgan fingerprint density at radius 1 is 1.50 bits per heavy atom. The molecule has 1 nitrogen and oxygen atoms in total. The van der Waals surface area contributed by atoms with Gasteiger partial charge in [-0.05, 0) is 23.8 Å². The molecule has 0 saturated carbocycles. The zero-order valence-corrected chi connectivity index (χ0v) is 5.72. The second kappa shape index (κ2) is 1.87. The van der Waals surface area contributed by atoms with Crippen molar-refractivity contribution in [1.29, 1.82) is 0 Å². The number of aromatic nitrogens is 1. The molecule has 0 unspecified atom stereocenters. The highest BCUT2D eigenvalue weighted by atomic mass is 14.6. The van der Waals surface area contributed by atoms with Gasteiger partial charge in [0.25, 0.3) is 0 Å². The van der Waals surface area contributed by atoms with Gasteiger partial charge in [0, 0.05) is 11.5 Å². The van der Waals surface area contributed by atoms with Crippen LogP contribution in [0.1, 0.15) is 6.42 Å². The fourth-order valence-corrected chi connectivity index (χ4v) is 1.21. The van der Waals surface area contributed by atoms with Gasteiger partial charge in [0.2, 0.25) is 0 Å². The van der Waals surface area contributed by atoms with Crippen LogP contribution >= 0.6 is 0 Å². The summed E-state index contributed by atoms with van der Waals surface area (Å²) in [6, 6.07) is 2.07. The number of fused-ring (bicyclic) bond motifs is 1. The smallest absolute Gasteiger partial charge is 0.0416 e. The van der Waals surface area contributed by atoms with Crippen LogP contribution in [0.15, 0.2) is 24.4 Å². The molecule has 0 bridgehead atoms. The van der Waals surface area contributed by atoms with Crippen LogP contribution in [-0.2, 0) is 0 Å². The molecule has 1 heterocycles. The normalized spacial score (nSPS) is 15.4. The summed E-state index contributed by atoms with van der Waals surface area (Å²) in [6.07, 6.45) is 7.22. The maximum atomic E-state index is 3.89. The van der Waals surface area contributed by atoms with E-state index >= 15 is 0 Å². The lowest BCUT2D eigenvalue weighted by Gasteiger charge is -1.96. The summed E-state index contributed by atoms with van der Waals surface area (Å²) in [7, 11) is 0. The van der Waals surface area contributed by atoms with Gasteiger partial charge in [0.05, 0.1) is 0 Å². The van der Waals surface area contributed by atoms with E-state index in [1.165, 1.54) is 16.1 Å². The molecule has 1 aromatic heterocycles. The van der Waals surface area contributed by atoms with Crippen molar-refractivity contribution < 1.29 is 0 Å². The van der Waals surface area contributed by atoms with E-state index < -0.39 is 0 Å². The van der Waals surface area contributed by atoms with Gasteiger partial charge in [-0.3, -0.25) is 0 Å². The lowest BCUT2D eigenvalue weighted by molar-refractivity contribution is 1.25. The molecule has 1 aliphatic carbocycles. The first-order valence-corrected chi connectivity index (χ1v) is 3.39. The summed E-state index contributed by atoms with van der Waals surface area (Å²) in [5, 5.41) is 2.49. The van der Waals surface area contributed by atoms with Crippen LogP contribution in [0.3, 0.4) is 0 Å². The minimum Gasteiger partial charge on any atom is -0.361 e. The minimum atomic E-state index is 0.980. The molecule has 1 N–H and O–H groups in total. The zero-order valence-electron chi connectivity index (χ0n) is 5.72. The maximum absolute atomic E-state index is 3.89. The SMILES string of the molecule is C=C1C=c2cc[nH]c2=CC1. The Balaban J connectivity index is 2.85. The monoisotopic (exact) mass is 131 g/mol. The van der Waals surface area contributed by atoms with Crippen LogP contribution in [0.5, 0.6) is 0 Å². The van der Waals surface area contributed by atoms with Crippen molar-refractivity contribution in [3.05, 3.63) is 35.0 Å². The highest BCUT2D eigenvalue weighted by Crippen LogP contribution is 2.01. The van der Waals surface area contributed by atoms with Gasteiger partial charge >= 0.3 is 0 Å². The number of hydrogen-bond donors (Lipinski definition) is 1. The summed E-state index contributed by atoms with van der Waals surface area (Å²) >= 11 is 0. The van der Waals surface area contributed by atoms with Gasteiger partial charge in [-0.25, -0.2) is 0 Å². The molecule has 0 aliphatic heterocycles. The molecule has 1 aromatic rings. The fourth-order valence-electron chi connectivity index (χ4n) is 1.21. The molecule has 0 atom stereocenters. The number of rotatable bonds is 0. The van der Waals surface area contributed by atoms with E-state index in [4.69, 9.17) is 0 Å². The Kier molecular flexibility index (Phi) is 1.04. The van der Waals surface area contributed by atoms with Gasteiger partial charge < -0.3 is 4.98 Å². The number of H-pyrrole nitrogens is 1. The molecule has 50 valence electrons. The summed E-state index contributed by atoms with van der Waals surface area (Å²) in [6.45, 7) is 3.89. The largest absolute Gasteiger partial charge is 0.361 e. The van der Waals surface area contributed by atoms with E-state index in [0.29, 0.717) is 0 Å². The summed E-state index contributed by atoms with van der Waals surface area (Å²) in [4.78, 5) is 3.15. The van der Waals surface area contributed by atoms with Gasteiger partial charge in [-0.15, -0.1) is 0 Å². The van der Waals surface area contributed by atoms with Crippen molar-refractivity contribution in [2.24, 2.45) is 0 Å². The third-order valence-corrected chi connectivity index (χ3v) is 1.74. The molecular weight excluding hydrogens is 122 g/mol. The third kappa shape index (κ3) is 0.711. The van der Waals surface area contributed by atoms with Gasteiger partial charge in [-0.1, -0.05) is 18.2 Å². The minimum absolute atomic E-state index is 0.980. The Morgan fingerprint density at radius 2 is 2.40 bits per heavy atom. The highest BCUT2D eigenvalue weighted by Gasteiger charge is 1.94. The Bertz CT molecular complexity index is 368. The first-order chi connectivity index (χ1) is 4.86. The van der Waals surface area contributed by atoms with Crippen molar-refractivity contribution in [2.75, 3.05) is 0 Å². The van der Waals surface area contributed by atoms with Crippen LogP contribution in [0.25, 0.3) is 12.2 Å². The molecule has 10 heavy (non-hydrogen) atoms. The van der Waals surface area contributed by atoms with Gasteiger partial charge in [-0.2, -0.15) is 0 Å². The van der Waals surface area contributed by atoms with E-state index in [1.807, 2.05) is 6.20 Å². The summed E-state index contributed by atoms with van der Waals surface area (Å²) in [5.41, 5.74) is 1.19. The standard InChI is InChI=1S/C9H9N/c1-7-2-3-9-8(6-7)4-5-10-9/h3-6,10H,1-2H2. The third-order valence-electron chi connectivity index (χ3n) is 1.74. The van der Waals surface area contributed by atoms with E-state index in [-0.39, 0.29) is 0 Å². The van der Waals surface area contributed by atoms with E-state index in [0.717, 1.165) is 6.42 Å². The van der Waals surface area contributed by atoms with Crippen LogP contribution < -0.4 is 10.6 Å². The molecule has 1 heteroatoms. The van der Waals surface area contributed by atoms with Crippen molar-refractivity contribution in [2.45, 2.75) is 6.42 Å². The lowest BCUT2D eigenvalue weighted by Crippen LogP contribution is -2.24. The van der Waals surface area contributed by atoms with Gasteiger partial charge in [0.1, 0.15) is 0 Å². The number of nitrogens with one attached hydrogen (secondary N) is 1. The van der Waals surface area contributed by atoms with E-state index in [1.54, 1.807) is 0 Å². The van der Waals surface area contributed by atoms with E-state index in [9.17, 15) is 0 Å². The topological polar surface area (TPSA) is 15.8 Å². The molecule has 0 spiro atoms. The Hall–Kier alpha value is -1.24. The maximum Gasteiger partial charge on any atom is 0.0416 e. The molecule has 0 amide bonds. The molecule has 1 aliphatic rings. The second-order valence-corrected chi connectivity index (χ2v) is 2.56. The predicted octanol–water partition coefficient (Wildman–Crippen LogP) is 0.536. The second-order valence-electron chi connectivity index (χ2n) is 2.56.